The number of hydrogen-bond acceptors (Lipinski definition) is 2. The van der Waals surface area contributed by atoms with Gasteiger partial charge >= 0.3 is 0 Å². The molecule has 2 rings (SSSR count). The molecule has 0 aromatic heterocycles. The normalized spacial score (nSPS) is 16.0. The van der Waals surface area contributed by atoms with E-state index in [9.17, 15) is 0 Å². The molecule has 1 aromatic carbocycles. The number of fused-ring (bicyclic) bond motifs is 1. The molecule has 1 aliphatic heterocycles. The lowest BCUT2D eigenvalue weighted by Crippen LogP contribution is -2.11. The molecular weight excluding hydrogens is 198 g/mol. The minimum Gasteiger partial charge on any atom is -0.493 e. The molecule has 0 aliphatic carbocycles. The van der Waals surface area contributed by atoms with Crippen molar-refractivity contribution < 1.29 is 4.74 Å². The highest BCUT2D eigenvalue weighted by Crippen LogP contribution is 2.29. The van der Waals surface area contributed by atoms with E-state index in [1.807, 2.05) is 0 Å². The molecule has 0 unspecified atom stereocenters. The lowest BCUT2D eigenvalue weighted by molar-refractivity contribution is 0.356. The van der Waals surface area contributed by atoms with Gasteiger partial charge in [-0.3, -0.25) is 0 Å². The van der Waals surface area contributed by atoms with E-state index in [1.54, 1.807) is 0 Å². The summed E-state index contributed by atoms with van der Waals surface area (Å²) >= 11 is 0. The van der Waals surface area contributed by atoms with E-state index in [0.717, 1.165) is 31.1 Å². The van der Waals surface area contributed by atoms with Crippen LogP contribution in [0.5, 0.6) is 5.75 Å². The van der Waals surface area contributed by atoms with E-state index in [-0.39, 0.29) is 6.04 Å². The van der Waals surface area contributed by atoms with E-state index in [0.29, 0.717) is 0 Å². The van der Waals surface area contributed by atoms with Crippen LogP contribution < -0.4 is 10.5 Å². The molecule has 1 aliphatic rings. The van der Waals surface area contributed by atoms with Crippen molar-refractivity contribution in [2.45, 2.75) is 39.2 Å². The lowest BCUT2D eigenvalue weighted by Gasteiger charge is -2.14. The smallest absolute Gasteiger partial charge is 0.122 e. The maximum Gasteiger partial charge on any atom is 0.122 e. The van der Waals surface area contributed by atoms with Crippen LogP contribution in [0.4, 0.5) is 0 Å². The number of ether oxygens (including phenoxy) is 1. The summed E-state index contributed by atoms with van der Waals surface area (Å²) in [7, 11) is 0. The second-order valence-electron chi connectivity index (χ2n) is 5.04. The first kappa shape index (κ1) is 11.5. The average molecular weight is 219 g/mol. The highest BCUT2D eigenvalue weighted by atomic mass is 16.5. The summed E-state index contributed by atoms with van der Waals surface area (Å²) in [5.74, 6) is 1.77. The Morgan fingerprint density at radius 3 is 2.88 bits per heavy atom. The number of nitrogens with two attached hydrogens (primary N) is 1. The molecule has 0 saturated carbocycles. The second-order valence-corrected chi connectivity index (χ2v) is 5.04. The van der Waals surface area contributed by atoms with Crippen molar-refractivity contribution in [2.75, 3.05) is 6.61 Å². The molecule has 2 nitrogen and oxygen atoms in total. The van der Waals surface area contributed by atoms with Crippen LogP contribution in [0.1, 0.15) is 43.9 Å². The van der Waals surface area contributed by atoms with Crippen molar-refractivity contribution in [1.29, 1.82) is 0 Å². The second kappa shape index (κ2) is 4.88. The molecule has 1 heterocycles. The van der Waals surface area contributed by atoms with Gasteiger partial charge in [-0.05, 0) is 36.0 Å². The van der Waals surface area contributed by atoms with E-state index in [2.05, 4.69) is 32.0 Å². The van der Waals surface area contributed by atoms with Crippen molar-refractivity contribution in [2.24, 2.45) is 11.7 Å². The predicted octanol–water partition coefficient (Wildman–Crippen LogP) is 3.06. The van der Waals surface area contributed by atoms with Gasteiger partial charge in [-0.25, -0.2) is 0 Å². The lowest BCUT2D eigenvalue weighted by atomic mass is 9.96. The summed E-state index contributed by atoms with van der Waals surface area (Å²) in [5.41, 5.74) is 8.77. The maximum atomic E-state index is 6.20. The number of hydrogen-bond donors (Lipinski definition) is 1. The predicted molar refractivity (Wildman–Crippen MR) is 66.6 cm³/mol. The molecule has 0 spiro atoms. The molecule has 16 heavy (non-hydrogen) atoms. The van der Waals surface area contributed by atoms with Gasteiger partial charge in [0, 0.05) is 12.5 Å². The Morgan fingerprint density at radius 2 is 2.12 bits per heavy atom. The topological polar surface area (TPSA) is 35.2 Å². The van der Waals surface area contributed by atoms with Crippen LogP contribution in [0.15, 0.2) is 18.2 Å². The van der Waals surface area contributed by atoms with Crippen LogP contribution in [0.3, 0.4) is 0 Å². The minimum atomic E-state index is 0.174. The first-order valence-corrected chi connectivity index (χ1v) is 6.18. The Kier molecular flexibility index (Phi) is 3.49. The zero-order valence-corrected chi connectivity index (χ0v) is 10.2. The zero-order chi connectivity index (χ0) is 11.5. The fourth-order valence-electron chi connectivity index (χ4n) is 2.12. The van der Waals surface area contributed by atoms with Crippen LogP contribution in [-0.2, 0) is 6.42 Å². The molecule has 2 N–H and O–H groups in total. The largest absolute Gasteiger partial charge is 0.493 e. The van der Waals surface area contributed by atoms with Gasteiger partial charge in [0.1, 0.15) is 5.75 Å². The van der Waals surface area contributed by atoms with Crippen molar-refractivity contribution in [3.63, 3.8) is 0 Å². The molecule has 2 heteroatoms. The van der Waals surface area contributed by atoms with Gasteiger partial charge in [-0.1, -0.05) is 26.0 Å². The van der Waals surface area contributed by atoms with Gasteiger partial charge in [-0.15, -0.1) is 0 Å². The highest BCUT2D eigenvalue weighted by molar-refractivity contribution is 5.40. The minimum absolute atomic E-state index is 0.174. The van der Waals surface area contributed by atoms with Crippen molar-refractivity contribution >= 4 is 0 Å². The summed E-state index contributed by atoms with van der Waals surface area (Å²) in [6, 6.07) is 6.56. The van der Waals surface area contributed by atoms with Gasteiger partial charge in [0.05, 0.1) is 6.61 Å². The first-order chi connectivity index (χ1) is 7.66. The van der Waals surface area contributed by atoms with Crippen LogP contribution >= 0.6 is 0 Å². The molecule has 1 atom stereocenters. The summed E-state index contributed by atoms with van der Waals surface area (Å²) in [5, 5.41) is 0. The van der Waals surface area contributed by atoms with E-state index >= 15 is 0 Å². The van der Waals surface area contributed by atoms with Gasteiger partial charge in [0.25, 0.3) is 0 Å². The van der Waals surface area contributed by atoms with Crippen molar-refractivity contribution in [3.05, 3.63) is 29.3 Å². The average Bonchev–Trinajstić information content (AvgIpc) is 2.72. The van der Waals surface area contributed by atoms with Crippen molar-refractivity contribution in [3.8, 4) is 5.75 Å². The third-order valence-corrected chi connectivity index (χ3v) is 3.20. The number of benzene rings is 1. The fraction of sp³-hybridized carbons (Fsp3) is 0.571. The monoisotopic (exact) mass is 219 g/mol. The van der Waals surface area contributed by atoms with Gasteiger partial charge < -0.3 is 10.5 Å². The molecule has 0 radical (unpaired) electrons. The molecule has 1 aromatic rings. The maximum absolute atomic E-state index is 6.20. The molecule has 88 valence electrons. The van der Waals surface area contributed by atoms with Gasteiger partial charge in [-0.2, -0.15) is 0 Å². The molecule has 0 amide bonds. The Morgan fingerprint density at radius 1 is 1.31 bits per heavy atom. The highest BCUT2D eigenvalue weighted by Gasteiger charge is 2.14. The van der Waals surface area contributed by atoms with Crippen LogP contribution in [0.25, 0.3) is 0 Å². The molecule has 0 bridgehead atoms. The summed E-state index contributed by atoms with van der Waals surface area (Å²) < 4.78 is 5.49. The van der Waals surface area contributed by atoms with Crippen LogP contribution in [-0.4, -0.2) is 6.61 Å². The van der Waals surface area contributed by atoms with E-state index in [4.69, 9.17) is 10.5 Å². The van der Waals surface area contributed by atoms with Crippen molar-refractivity contribution in [1.82, 2.24) is 0 Å². The summed E-state index contributed by atoms with van der Waals surface area (Å²) in [6.07, 6.45) is 3.28. The third kappa shape index (κ3) is 2.56. The first-order valence-electron chi connectivity index (χ1n) is 6.18. The third-order valence-electron chi connectivity index (χ3n) is 3.20. The Balaban J connectivity index is 2.03. The molecule has 0 saturated heterocycles. The standard InChI is InChI=1S/C14H21NO/c1-10(2)3-5-13(15)11-4-6-14-12(9-11)7-8-16-14/h4,6,9-10,13H,3,5,7-8,15H2,1-2H3/t13-/m1/s1. The van der Waals surface area contributed by atoms with E-state index < -0.39 is 0 Å². The zero-order valence-electron chi connectivity index (χ0n) is 10.2. The summed E-state index contributed by atoms with van der Waals surface area (Å²) in [4.78, 5) is 0. The quantitative estimate of drug-likeness (QED) is 0.844. The van der Waals surface area contributed by atoms with Gasteiger partial charge in [0.2, 0.25) is 0 Å². The Hall–Kier alpha value is -1.02. The van der Waals surface area contributed by atoms with E-state index in [1.165, 1.54) is 17.5 Å². The SMILES string of the molecule is CC(C)CC[C@@H](N)c1ccc2c(c1)CCO2. The van der Waals surface area contributed by atoms with Crippen LogP contribution in [0.2, 0.25) is 0 Å². The summed E-state index contributed by atoms with van der Waals surface area (Å²) in [6.45, 7) is 5.30. The molecular formula is C14H21NO. The van der Waals surface area contributed by atoms with Crippen LogP contribution in [0, 0.1) is 5.92 Å². The van der Waals surface area contributed by atoms with Gasteiger partial charge in [0.15, 0.2) is 0 Å². The number of rotatable bonds is 4. The molecule has 0 fully saturated rings. The fourth-order valence-corrected chi connectivity index (χ4v) is 2.12. The Labute approximate surface area is 97.8 Å². The Bertz CT molecular complexity index is 360.